The number of anilines is 1. The van der Waals surface area contributed by atoms with Crippen molar-refractivity contribution in [3.8, 4) is 17.3 Å². The molecule has 1 N–H and O–H groups in total. The largest absolute Gasteiger partial charge is 0.331 e. The molecule has 0 unspecified atom stereocenters. The van der Waals surface area contributed by atoms with Crippen LogP contribution in [0.15, 0.2) is 39.4 Å². The Bertz CT molecular complexity index is 1260. The molecule has 2 heterocycles. The third-order valence-corrected chi connectivity index (χ3v) is 4.72. The summed E-state index contributed by atoms with van der Waals surface area (Å²) in [7, 11) is 0. The highest BCUT2D eigenvalue weighted by molar-refractivity contribution is 7.14. The lowest BCUT2D eigenvalue weighted by atomic mass is 10.2. The summed E-state index contributed by atoms with van der Waals surface area (Å²) in [6, 6.07) is 4.99. The molecule has 8 nitrogen and oxygen atoms in total. The Kier molecular flexibility index (Phi) is 5.65. The number of rotatable bonds is 5. The van der Waals surface area contributed by atoms with E-state index in [0.717, 1.165) is 34.2 Å². The van der Waals surface area contributed by atoms with Gasteiger partial charge in [0.25, 0.3) is 5.56 Å². The molecule has 0 aliphatic rings. The molecule has 1 aromatic carbocycles. The first-order chi connectivity index (χ1) is 13.8. The van der Waals surface area contributed by atoms with Gasteiger partial charge in [0.05, 0.1) is 5.69 Å². The molecule has 1 amide bonds. The van der Waals surface area contributed by atoms with Crippen LogP contribution in [0.5, 0.6) is 0 Å². The number of carbonyl (C=O) groups is 1. The summed E-state index contributed by atoms with van der Waals surface area (Å²) in [5.41, 5.74) is -1.19. The minimum absolute atomic E-state index is 0.148. The molecule has 2 aromatic heterocycles. The maximum atomic E-state index is 13.4. The van der Waals surface area contributed by atoms with Crippen LogP contribution in [-0.2, 0) is 17.9 Å². The molecule has 3 aromatic rings. The summed E-state index contributed by atoms with van der Waals surface area (Å²) >= 11 is 1.03. The number of hydrogen-bond donors (Lipinski definition) is 1. The van der Waals surface area contributed by atoms with Crippen LogP contribution in [-0.4, -0.2) is 20.0 Å². The van der Waals surface area contributed by atoms with Crippen molar-refractivity contribution in [2.75, 3.05) is 5.32 Å². The van der Waals surface area contributed by atoms with Gasteiger partial charge >= 0.3 is 5.69 Å². The van der Waals surface area contributed by atoms with Crippen molar-refractivity contribution in [3.63, 3.8) is 0 Å². The number of amides is 1. The summed E-state index contributed by atoms with van der Waals surface area (Å²) in [6.07, 6.45) is 1.15. The van der Waals surface area contributed by atoms with Crippen LogP contribution >= 0.6 is 11.3 Å². The van der Waals surface area contributed by atoms with E-state index >= 15 is 0 Å². The fourth-order valence-electron chi connectivity index (χ4n) is 2.52. The van der Waals surface area contributed by atoms with Crippen LogP contribution in [0, 0.1) is 23.0 Å². The van der Waals surface area contributed by atoms with E-state index in [0.29, 0.717) is 15.8 Å². The van der Waals surface area contributed by atoms with Crippen LogP contribution < -0.4 is 16.6 Å². The topological polar surface area (TPSA) is 110 Å². The van der Waals surface area contributed by atoms with E-state index < -0.39 is 35.3 Å². The van der Waals surface area contributed by atoms with E-state index in [1.54, 1.807) is 13.0 Å². The van der Waals surface area contributed by atoms with Crippen LogP contribution in [0.4, 0.5) is 13.9 Å². The standard InChI is InChI=1S/C18H13F2N5O3S/c1-2-24-7-11(6-21)16(27)25(18(24)28)8-15(26)23-17-22-14(9-29-17)10-3-4-12(19)13(20)5-10/h3-5,7,9H,2,8H2,1H3,(H,22,23,26). The number of nitrogens with zero attached hydrogens (tertiary/aromatic N) is 4. The van der Waals surface area contributed by atoms with Crippen molar-refractivity contribution in [2.24, 2.45) is 0 Å². The van der Waals surface area contributed by atoms with Gasteiger partial charge in [0.2, 0.25) is 5.91 Å². The van der Waals surface area contributed by atoms with Crippen molar-refractivity contribution in [1.82, 2.24) is 14.1 Å². The van der Waals surface area contributed by atoms with Crippen molar-refractivity contribution < 1.29 is 13.6 Å². The van der Waals surface area contributed by atoms with Gasteiger partial charge in [-0.2, -0.15) is 5.26 Å². The lowest BCUT2D eigenvalue weighted by molar-refractivity contribution is -0.116. The number of hydrogen-bond acceptors (Lipinski definition) is 6. The van der Waals surface area contributed by atoms with Gasteiger partial charge in [0.1, 0.15) is 18.2 Å². The molecule has 0 aliphatic carbocycles. The minimum Gasteiger partial charge on any atom is -0.300 e. The molecule has 0 atom stereocenters. The average molecular weight is 417 g/mol. The molecule has 0 radical (unpaired) electrons. The van der Waals surface area contributed by atoms with Crippen molar-refractivity contribution in [1.29, 1.82) is 5.26 Å². The second kappa shape index (κ2) is 8.15. The Labute approximate surface area is 166 Å². The number of carbonyl (C=O) groups excluding carboxylic acids is 1. The zero-order valence-electron chi connectivity index (χ0n) is 15.0. The first kappa shape index (κ1) is 20.1. The van der Waals surface area contributed by atoms with E-state index in [-0.39, 0.29) is 17.2 Å². The zero-order valence-corrected chi connectivity index (χ0v) is 15.8. The maximum Gasteiger partial charge on any atom is 0.331 e. The van der Waals surface area contributed by atoms with Gasteiger partial charge in [-0.3, -0.25) is 14.2 Å². The van der Waals surface area contributed by atoms with E-state index in [1.165, 1.54) is 11.4 Å². The molecule has 0 saturated heterocycles. The highest BCUT2D eigenvalue weighted by Crippen LogP contribution is 2.26. The molecular formula is C18H13F2N5O3S. The molecule has 29 heavy (non-hydrogen) atoms. The predicted molar refractivity (Wildman–Crippen MR) is 101 cm³/mol. The smallest absolute Gasteiger partial charge is 0.300 e. The number of aryl methyl sites for hydroxylation is 1. The number of benzene rings is 1. The van der Waals surface area contributed by atoms with Crippen molar-refractivity contribution in [2.45, 2.75) is 20.0 Å². The lowest BCUT2D eigenvalue weighted by Crippen LogP contribution is -2.43. The summed E-state index contributed by atoms with van der Waals surface area (Å²) in [6.45, 7) is 1.28. The summed E-state index contributed by atoms with van der Waals surface area (Å²) in [5.74, 6) is -2.71. The molecule has 0 spiro atoms. The average Bonchev–Trinajstić information content (AvgIpc) is 3.16. The zero-order chi connectivity index (χ0) is 21.1. The molecular weight excluding hydrogens is 404 g/mol. The van der Waals surface area contributed by atoms with Crippen molar-refractivity contribution >= 4 is 22.4 Å². The fourth-order valence-corrected chi connectivity index (χ4v) is 3.25. The van der Waals surface area contributed by atoms with Crippen LogP contribution in [0.25, 0.3) is 11.3 Å². The van der Waals surface area contributed by atoms with Gasteiger partial charge in [-0.15, -0.1) is 11.3 Å². The maximum absolute atomic E-state index is 13.4. The minimum atomic E-state index is -1.02. The third-order valence-electron chi connectivity index (χ3n) is 3.97. The Morgan fingerprint density at radius 2 is 2.07 bits per heavy atom. The first-order valence-electron chi connectivity index (χ1n) is 8.29. The van der Waals surface area contributed by atoms with Crippen LogP contribution in [0.3, 0.4) is 0 Å². The highest BCUT2D eigenvalue weighted by Gasteiger charge is 2.15. The molecule has 0 saturated carbocycles. The molecule has 148 valence electrons. The molecule has 0 bridgehead atoms. The van der Waals surface area contributed by atoms with E-state index in [2.05, 4.69) is 10.3 Å². The van der Waals surface area contributed by atoms with Gasteiger partial charge in [0, 0.05) is 23.7 Å². The van der Waals surface area contributed by atoms with E-state index in [1.807, 2.05) is 0 Å². The lowest BCUT2D eigenvalue weighted by Gasteiger charge is -2.09. The number of nitriles is 1. The van der Waals surface area contributed by atoms with Crippen LogP contribution in [0.1, 0.15) is 12.5 Å². The summed E-state index contributed by atoms with van der Waals surface area (Å²) in [5, 5.41) is 13.2. The number of thiazole rings is 1. The summed E-state index contributed by atoms with van der Waals surface area (Å²) < 4.78 is 28.2. The third kappa shape index (κ3) is 4.12. The normalized spacial score (nSPS) is 10.6. The number of halogens is 2. The van der Waals surface area contributed by atoms with E-state index in [4.69, 9.17) is 5.26 Å². The second-order valence-electron chi connectivity index (χ2n) is 5.83. The molecule has 3 rings (SSSR count). The van der Waals surface area contributed by atoms with Gasteiger partial charge in [0.15, 0.2) is 16.8 Å². The van der Waals surface area contributed by atoms with Crippen LogP contribution in [0.2, 0.25) is 0 Å². The Balaban J connectivity index is 1.82. The Morgan fingerprint density at radius 3 is 2.72 bits per heavy atom. The van der Waals surface area contributed by atoms with Gasteiger partial charge in [-0.05, 0) is 25.1 Å². The van der Waals surface area contributed by atoms with E-state index in [9.17, 15) is 23.2 Å². The van der Waals surface area contributed by atoms with Gasteiger partial charge in [-0.1, -0.05) is 0 Å². The monoisotopic (exact) mass is 417 g/mol. The Morgan fingerprint density at radius 1 is 1.31 bits per heavy atom. The predicted octanol–water partition coefficient (Wildman–Crippen LogP) is 1.94. The fraction of sp³-hybridized carbons (Fsp3) is 0.167. The first-order valence-corrected chi connectivity index (χ1v) is 9.17. The summed E-state index contributed by atoms with van der Waals surface area (Å²) in [4.78, 5) is 40.9. The number of aromatic nitrogens is 3. The number of nitrogens with one attached hydrogen (secondary N) is 1. The second-order valence-corrected chi connectivity index (χ2v) is 6.69. The molecule has 11 heteroatoms. The molecule has 0 fully saturated rings. The molecule has 0 aliphatic heterocycles. The van der Waals surface area contributed by atoms with Gasteiger partial charge < -0.3 is 5.32 Å². The van der Waals surface area contributed by atoms with Crippen molar-refractivity contribution in [3.05, 3.63) is 67.8 Å². The SMILES string of the molecule is CCn1cc(C#N)c(=O)n(CC(=O)Nc2nc(-c3ccc(F)c(F)c3)cs2)c1=O. The highest BCUT2D eigenvalue weighted by atomic mass is 32.1. The Hall–Kier alpha value is -3.65. The quantitative estimate of drug-likeness (QED) is 0.682. The van der Waals surface area contributed by atoms with Gasteiger partial charge in [-0.25, -0.2) is 23.1 Å².